The van der Waals surface area contributed by atoms with Gasteiger partial charge < -0.3 is 19.9 Å². The van der Waals surface area contributed by atoms with Crippen LogP contribution in [0.3, 0.4) is 0 Å². The molecule has 28 heavy (non-hydrogen) atoms. The minimum atomic E-state index is 0.514. The van der Waals surface area contributed by atoms with Crippen molar-refractivity contribution < 1.29 is 4.74 Å². The summed E-state index contributed by atoms with van der Waals surface area (Å²) in [5, 5.41) is 3.57. The third-order valence-electron chi connectivity index (χ3n) is 5.86. The van der Waals surface area contributed by atoms with Gasteiger partial charge in [-0.2, -0.15) is 4.98 Å². The highest BCUT2D eigenvalue weighted by Crippen LogP contribution is 2.29. The molecule has 0 atom stereocenters. The summed E-state index contributed by atoms with van der Waals surface area (Å²) in [7, 11) is 1.73. The van der Waals surface area contributed by atoms with E-state index in [2.05, 4.69) is 32.2 Å². The van der Waals surface area contributed by atoms with Gasteiger partial charge in [0, 0.05) is 38.4 Å². The normalized spacial score (nSPS) is 18.6. The molecule has 150 valence electrons. The first kappa shape index (κ1) is 18.8. The Morgan fingerprint density at radius 2 is 1.64 bits per heavy atom. The fourth-order valence-corrected chi connectivity index (χ4v) is 4.27. The van der Waals surface area contributed by atoms with E-state index < -0.39 is 0 Å². The standard InChI is InChI=1S/C22H31N5O/c1-28-20-11-7-6-10-19(20)26-14-16-27(17-15-26)21-12-13-23-22(25-21)24-18-8-4-2-3-5-9-18/h6-7,10-13,18H,2-5,8-9,14-17H2,1H3,(H,23,24,25). The number of hydrogen-bond donors (Lipinski definition) is 1. The molecule has 0 bridgehead atoms. The van der Waals surface area contributed by atoms with Gasteiger partial charge in [-0.3, -0.25) is 0 Å². The Morgan fingerprint density at radius 3 is 2.39 bits per heavy atom. The average molecular weight is 382 g/mol. The molecule has 2 heterocycles. The third-order valence-corrected chi connectivity index (χ3v) is 5.86. The van der Waals surface area contributed by atoms with Crippen molar-refractivity contribution in [3.05, 3.63) is 36.5 Å². The van der Waals surface area contributed by atoms with Crippen molar-refractivity contribution >= 4 is 17.5 Å². The molecule has 1 saturated heterocycles. The van der Waals surface area contributed by atoms with Crippen LogP contribution in [0.15, 0.2) is 36.5 Å². The van der Waals surface area contributed by atoms with E-state index in [1.807, 2.05) is 24.4 Å². The van der Waals surface area contributed by atoms with Gasteiger partial charge in [0.2, 0.25) is 5.95 Å². The minimum Gasteiger partial charge on any atom is -0.495 e. The second-order valence-corrected chi connectivity index (χ2v) is 7.72. The number of anilines is 3. The highest BCUT2D eigenvalue weighted by Gasteiger charge is 2.21. The van der Waals surface area contributed by atoms with E-state index in [4.69, 9.17) is 9.72 Å². The van der Waals surface area contributed by atoms with Crippen molar-refractivity contribution in [2.75, 3.05) is 48.4 Å². The van der Waals surface area contributed by atoms with Crippen molar-refractivity contribution in [1.82, 2.24) is 9.97 Å². The predicted molar refractivity (Wildman–Crippen MR) is 115 cm³/mol. The molecule has 1 N–H and O–H groups in total. The Morgan fingerprint density at radius 1 is 0.929 bits per heavy atom. The Balaban J connectivity index is 1.38. The molecule has 0 spiro atoms. The number of para-hydroxylation sites is 2. The fraction of sp³-hybridized carbons (Fsp3) is 0.545. The van der Waals surface area contributed by atoms with E-state index in [9.17, 15) is 0 Å². The molecule has 1 aliphatic heterocycles. The Hall–Kier alpha value is -2.50. The summed E-state index contributed by atoms with van der Waals surface area (Å²) >= 11 is 0. The molecule has 1 aliphatic carbocycles. The van der Waals surface area contributed by atoms with Gasteiger partial charge in [-0.25, -0.2) is 4.98 Å². The van der Waals surface area contributed by atoms with Gasteiger partial charge in [-0.1, -0.05) is 37.8 Å². The van der Waals surface area contributed by atoms with Crippen LogP contribution in [0.2, 0.25) is 0 Å². The van der Waals surface area contributed by atoms with Crippen molar-refractivity contribution in [2.45, 2.75) is 44.6 Å². The number of hydrogen-bond acceptors (Lipinski definition) is 6. The van der Waals surface area contributed by atoms with Crippen molar-refractivity contribution in [3.8, 4) is 5.75 Å². The maximum absolute atomic E-state index is 5.52. The first-order chi connectivity index (χ1) is 13.8. The van der Waals surface area contributed by atoms with Gasteiger partial charge in [0.1, 0.15) is 11.6 Å². The zero-order chi connectivity index (χ0) is 19.2. The molecule has 2 aromatic rings. The van der Waals surface area contributed by atoms with Crippen molar-refractivity contribution in [3.63, 3.8) is 0 Å². The van der Waals surface area contributed by atoms with Crippen LogP contribution in [-0.4, -0.2) is 49.3 Å². The number of benzene rings is 1. The number of aromatic nitrogens is 2. The second kappa shape index (κ2) is 9.13. The average Bonchev–Trinajstić information content (AvgIpc) is 3.03. The molecular weight excluding hydrogens is 350 g/mol. The quantitative estimate of drug-likeness (QED) is 0.792. The van der Waals surface area contributed by atoms with E-state index in [0.717, 1.165) is 43.7 Å². The van der Waals surface area contributed by atoms with Crippen LogP contribution >= 0.6 is 0 Å². The number of methoxy groups -OCH3 is 1. The lowest BCUT2D eigenvalue weighted by molar-refractivity contribution is 0.413. The van der Waals surface area contributed by atoms with Crippen LogP contribution < -0.4 is 19.9 Å². The molecule has 2 fully saturated rings. The smallest absolute Gasteiger partial charge is 0.224 e. The molecule has 2 aliphatic rings. The summed E-state index contributed by atoms with van der Waals surface area (Å²) in [6.07, 6.45) is 9.67. The van der Waals surface area contributed by atoms with Crippen molar-refractivity contribution in [1.29, 1.82) is 0 Å². The number of nitrogens with one attached hydrogen (secondary N) is 1. The van der Waals surface area contributed by atoms with Gasteiger partial charge in [-0.05, 0) is 31.0 Å². The highest BCUT2D eigenvalue weighted by molar-refractivity contribution is 5.59. The van der Waals surface area contributed by atoms with E-state index in [1.54, 1.807) is 7.11 Å². The van der Waals surface area contributed by atoms with Gasteiger partial charge in [0.05, 0.1) is 12.8 Å². The van der Waals surface area contributed by atoms with Crippen LogP contribution in [0.25, 0.3) is 0 Å². The first-order valence-corrected chi connectivity index (χ1v) is 10.6. The Bertz CT molecular complexity index is 752. The summed E-state index contributed by atoms with van der Waals surface area (Å²) in [6.45, 7) is 3.79. The number of piperazine rings is 1. The molecule has 1 aromatic heterocycles. The van der Waals surface area contributed by atoms with Crippen LogP contribution in [0.4, 0.5) is 17.5 Å². The molecule has 4 rings (SSSR count). The first-order valence-electron chi connectivity index (χ1n) is 10.6. The van der Waals surface area contributed by atoms with Gasteiger partial charge >= 0.3 is 0 Å². The van der Waals surface area contributed by atoms with E-state index in [-0.39, 0.29) is 0 Å². The lowest BCUT2D eigenvalue weighted by Crippen LogP contribution is -2.47. The molecule has 1 aromatic carbocycles. The Labute approximate surface area is 167 Å². The van der Waals surface area contributed by atoms with Gasteiger partial charge in [-0.15, -0.1) is 0 Å². The topological polar surface area (TPSA) is 53.5 Å². The maximum atomic E-state index is 5.52. The van der Waals surface area contributed by atoms with Gasteiger partial charge in [0.15, 0.2) is 0 Å². The minimum absolute atomic E-state index is 0.514. The van der Waals surface area contributed by atoms with Crippen LogP contribution in [-0.2, 0) is 0 Å². The summed E-state index contributed by atoms with van der Waals surface area (Å²) in [6, 6.07) is 10.8. The lowest BCUT2D eigenvalue weighted by Gasteiger charge is -2.37. The Kier molecular flexibility index (Phi) is 6.14. The predicted octanol–water partition coefficient (Wildman–Crippen LogP) is 3.95. The van der Waals surface area contributed by atoms with Crippen LogP contribution in [0, 0.1) is 0 Å². The largest absolute Gasteiger partial charge is 0.495 e. The molecule has 1 saturated carbocycles. The number of rotatable bonds is 5. The van der Waals surface area contributed by atoms with Crippen molar-refractivity contribution in [2.24, 2.45) is 0 Å². The van der Waals surface area contributed by atoms with Gasteiger partial charge in [0.25, 0.3) is 0 Å². The molecule has 6 nitrogen and oxygen atoms in total. The second-order valence-electron chi connectivity index (χ2n) is 7.72. The molecular formula is C22H31N5O. The van der Waals surface area contributed by atoms with E-state index in [1.165, 1.54) is 44.2 Å². The van der Waals surface area contributed by atoms with E-state index >= 15 is 0 Å². The van der Waals surface area contributed by atoms with E-state index in [0.29, 0.717) is 6.04 Å². The summed E-state index contributed by atoms with van der Waals surface area (Å²) in [5.41, 5.74) is 1.17. The lowest BCUT2D eigenvalue weighted by atomic mass is 10.1. The van der Waals surface area contributed by atoms with Crippen LogP contribution in [0.1, 0.15) is 38.5 Å². The number of ether oxygens (including phenoxy) is 1. The molecule has 6 heteroatoms. The monoisotopic (exact) mass is 381 g/mol. The summed E-state index contributed by atoms with van der Waals surface area (Å²) < 4.78 is 5.52. The highest BCUT2D eigenvalue weighted by atomic mass is 16.5. The zero-order valence-corrected chi connectivity index (χ0v) is 16.8. The number of nitrogens with zero attached hydrogens (tertiary/aromatic N) is 4. The third kappa shape index (κ3) is 4.49. The fourth-order valence-electron chi connectivity index (χ4n) is 4.27. The molecule has 0 unspecified atom stereocenters. The maximum Gasteiger partial charge on any atom is 0.224 e. The summed E-state index contributed by atoms with van der Waals surface area (Å²) in [4.78, 5) is 14.0. The summed E-state index contributed by atoms with van der Waals surface area (Å²) in [5.74, 6) is 2.73. The molecule has 0 radical (unpaired) electrons. The van der Waals surface area contributed by atoms with Crippen LogP contribution in [0.5, 0.6) is 5.75 Å². The molecule has 0 amide bonds. The zero-order valence-electron chi connectivity index (χ0n) is 16.8. The SMILES string of the molecule is COc1ccccc1N1CCN(c2ccnc(NC3CCCCCC3)n2)CC1.